The molecule has 2 aromatic rings. The van der Waals surface area contributed by atoms with Gasteiger partial charge in [0.15, 0.2) is 11.6 Å². The van der Waals surface area contributed by atoms with E-state index < -0.39 is 15.8 Å². The predicted molar refractivity (Wildman–Crippen MR) is 65.3 cm³/mol. The summed E-state index contributed by atoms with van der Waals surface area (Å²) in [5, 5.41) is 8.84. The van der Waals surface area contributed by atoms with Crippen molar-refractivity contribution in [1.29, 1.82) is 0 Å². The van der Waals surface area contributed by atoms with Gasteiger partial charge in [0.05, 0.1) is 11.1 Å². The van der Waals surface area contributed by atoms with Crippen molar-refractivity contribution in [2.24, 2.45) is 12.2 Å². The molecule has 102 valence electrons. The number of halogens is 1. The van der Waals surface area contributed by atoms with Crippen LogP contribution in [0.25, 0.3) is 0 Å². The summed E-state index contributed by atoms with van der Waals surface area (Å²) in [5.41, 5.74) is 0.775. The lowest BCUT2D eigenvalue weighted by atomic mass is 10.3. The molecule has 1 heterocycles. The average molecular weight is 285 g/mol. The fraction of sp³-hybridized carbons (Fsp3) is 0.182. The Balaban J connectivity index is 2.14. The zero-order valence-corrected chi connectivity index (χ0v) is 10.9. The van der Waals surface area contributed by atoms with Gasteiger partial charge in [-0.25, -0.2) is 17.9 Å². The molecule has 0 fully saturated rings. The molecule has 0 amide bonds. The maximum Gasteiger partial charge on any atom is 0.238 e. The molecule has 0 spiro atoms. The molecule has 0 bridgehead atoms. The number of sulfonamides is 1. The van der Waals surface area contributed by atoms with Crippen molar-refractivity contribution in [3.8, 4) is 5.75 Å². The van der Waals surface area contributed by atoms with Gasteiger partial charge in [0.2, 0.25) is 10.0 Å². The minimum Gasteiger partial charge on any atom is -0.486 e. The predicted octanol–water partition coefficient (Wildman–Crippen LogP) is 0.786. The van der Waals surface area contributed by atoms with Crippen LogP contribution in [-0.2, 0) is 23.7 Å². The maximum absolute atomic E-state index is 13.6. The molecular weight excluding hydrogens is 273 g/mol. The molecule has 19 heavy (non-hydrogen) atoms. The molecule has 1 aromatic carbocycles. The van der Waals surface area contributed by atoms with Crippen molar-refractivity contribution in [3.63, 3.8) is 0 Å². The van der Waals surface area contributed by atoms with E-state index in [1.54, 1.807) is 24.1 Å². The maximum atomic E-state index is 13.6. The molecule has 0 saturated carbocycles. The molecule has 0 radical (unpaired) electrons. The highest BCUT2D eigenvalue weighted by Crippen LogP contribution is 2.21. The molecule has 0 aliphatic rings. The Kier molecular flexibility index (Phi) is 3.54. The summed E-state index contributed by atoms with van der Waals surface area (Å²) < 4.78 is 42.5. The van der Waals surface area contributed by atoms with E-state index >= 15 is 0 Å². The van der Waals surface area contributed by atoms with E-state index in [1.807, 2.05) is 0 Å². The first-order chi connectivity index (χ1) is 8.86. The lowest BCUT2D eigenvalue weighted by molar-refractivity contribution is 0.289. The largest absolute Gasteiger partial charge is 0.486 e. The molecule has 6 nitrogen and oxygen atoms in total. The van der Waals surface area contributed by atoms with Crippen LogP contribution in [0.2, 0.25) is 0 Å². The highest BCUT2D eigenvalue weighted by Gasteiger charge is 2.12. The average Bonchev–Trinajstić information content (AvgIpc) is 2.72. The quantitative estimate of drug-likeness (QED) is 0.899. The van der Waals surface area contributed by atoms with Crippen LogP contribution in [0.1, 0.15) is 5.56 Å². The van der Waals surface area contributed by atoms with Gasteiger partial charge in [-0.3, -0.25) is 4.68 Å². The number of benzene rings is 1. The van der Waals surface area contributed by atoms with Crippen molar-refractivity contribution < 1.29 is 17.5 Å². The molecule has 2 rings (SSSR count). The number of aromatic nitrogens is 2. The SMILES string of the molecule is Cn1cc(COc2ccc(S(N)(=O)=O)cc2F)cn1. The fourth-order valence-electron chi connectivity index (χ4n) is 1.48. The zero-order valence-electron chi connectivity index (χ0n) is 10.1. The Morgan fingerprint density at radius 2 is 2.21 bits per heavy atom. The Labute approximate surface area is 109 Å². The monoisotopic (exact) mass is 285 g/mol. The molecular formula is C11H12FN3O3S. The van der Waals surface area contributed by atoms with Crippen molar-refractivity contribution >= 4 is 10.0 Å². The summed E-state index contributed by atoms with van der Waals surface area (Å²) in [7, 11) is -2.16. The number of nitrogens with two attached hydrogens (primary N) is 1. The van der Waals surface area contributed by atoms with Crippen LogP contribution in [0.3, 0.4) is 0 Å². The number of ether oxygens (including phenoxy) is 1. The number of hydrogen-bond acceptors (Lipinski definition) is 4. The van der Waals surface area contributed by atoms with Gasteiger partial charge in [0, 0.05) is 18.8 Å². The second-order valence-corrected chi connectivity index (χ2v) is 5.51. The van der Waals surface area contributed by atoms with Crippen LogP contribution >= 0.6 is 0 Å². The summed E-state index contributed by atoms with van der Waals surface area (Å²) in [5.74, 6) is -0.827. The third kappa shape index (κ3) is 3.30. The van der Waals surface area contributed by atoms with E-state index in [2.05, 4.69) is 5.10 Å². The zero-order chi connectivity index (χ0) is 14.0. The van der Waals surface area contributed by atoms with Crippen LogP contribution in [0.4, 0.5) is 4.39 Å². The second-order valence-electron chi connectivity index (χ2n) is 3.95. The standard InChI is InChI=1S/C11H12FN3O3S/c1-15-6-8(5-14-15)7-18-11-3-2-9(4-10(11)12)19(13,16)17/h2-6H,7H2,1H3,(H2,13,16,17). The summed E-state index contributed by atoms with van der Waals surface area (Å²) in [6, 6.07) is 3.25. The highest BCUT2D eigenvalue weighted by atomic mass is 32.2. The molecule has 0 aliphatic heterocycles. The van der Waals surface area contributed by atoms with Gasteiger partial charge in [-0.2, -0.15) is 5.10 Å². The Morgan fingerprint density at radius 1 is 1.47 bits per heavy atom. The van der Waals surface area contributed by atoms with E-state index in [9.17, 15) is 12.8 Å². The normalized spacial score (nSPS) is 11.5. The number of aryl methyl sites for hydroxylation is 1. The lowest BCUT2D eigenvalue weighted by Crippen LogP contribution is -2.12. The van der Waals surface area contributed by atoms with Gasteiger partial charge < -0.3 is 4.74 Å². The third-order valence-corrected chi connectivity index (χ3v) is 3.30. The molecule has 8 heteroatoms. The lowest BCUT2D eigenvalue weighted by Gasteiger charge is -2.06. The van der Waals surface area contributed by atoms with E-state index in [4.69, 9.17) is 9.88 Å². The Bertz CT molecular complexity index is 697. The van der Waals surface area contributed by atoms with E-state index in [-0.39, 0.29) is 17.3 Å². The molecule has 2 N–H and O–H groups in total. The summed E-state index contributed by atoms with van der Waals surface area (Å²) in [6.07, 6.45) is 3.33. The van der Waals surface area contributed by atoms with Crippen molar-refractivity contribution in [3.05, 3.63) is 42.0 Å². The van der Waals surface area contributed by atoms with Gasteiger partial charge in [-0.05, 0) is 18.2 Å². The Morgan fingerprint density at radius 3 is 2.74 bits per heavy atom. The topological polar surface area (TPSA) is 87.2 Å². The minimum atomic E-state index is -3.91. The van der Waals surface area contributed by atoms with E-state index in [0.717, 1.165) is 11.6 Å². The van der Waals surface area contributed by atoms with Gasteiger partial charge in [0.1, 0.15) is 6.61 Å². The molecule has 0 aliphatic carbocycles. The Hall–Kier alpha value is -1.93. The van der Waals surface area contributed by atoms with Crippen LogP contribution in [0.15, 0.2) is 35.5 Å². The fourth-order valence-corrected chi connectivity index (χ4v) is 2.01. The van der Waals surface area contributed by atoms with Gasteiger partial charge in [-0.15, -0.1) is 0 Å². The number of primary sulfonamides is 1. The summed E-state index contributed by atoms with van der Waals surface area (Å²) >= 11 is 0. The van der Waals surface area contributed by atoms with Gasteiger partial charge in [0.25, 0.3) is 0 Å². The third-order valence-electron chi connectivity index (χ3n) is 2.38. The molecule has 0 atom stereocenters. The second kappa shape index (κ2) is 4.98. The van der Waals surface area contributed by atoms with Crippen LogP contribution < -0.4 is 9.88 Å². The molecule has 1 aromatic heterocycles. The number of rotatable bonds is 4. The minimum absolute atomic E-state index is 0.0451. The van der Waals surface area contributed by atoms with E-state index in [0.29, 0.717) is 0 Å². The summed E-state index contributed by atoms with van der Waals surface area (Å²) in [6.45, 7) is 0.138. The van der Waals surface area contributed by atoms with Crippen molar-refractivity contribution in [1.82, 2.24) is 9.78 Å². The van der Waals surface area contributed by atoms with E-state index in [1.165, 1.54) is 12.1 Å². The highest BCUT2D eigenvalue weighted by molar-refractivity contribution is 7.89. The van der Waals surface area contributed by atoms with Gasteiger partial charge >= 0.3 is 0 Å². The first kappa shape index (κ1) is 13.5. The first-order valence-electron chi connectivity index (χ1n) is 5.29. The number of hydrogen-bond donors (Lipinski definition) is 1. The first-order valence-corrected chi connectivity index (χ1v) is 6.83. The van der Waals surface area contributed by atoms with Crippen molar-refractivity contribution in [2.75, 3.05) is 0 Å². The smallest absolute Gasteiger partial charge is 0.238 e. The van der Waals surface area contributed by atoms with Crippen LogP contribution in [-0.4, -0.2) is 18.2 Å². The number of nitrogens with zero attached hydrogens (tertiary/aromatic N) is 2. The molecule has 0 unspecified atom stereocenters. The van der Waals surface area contributed by atoms with Crippen molar-refractivity contribution in [2.45, 2.75) is 11.5 Å². The molecule has 0 saturated heterocycles. The van der Waals surface area contributed by atoms with Gasteiger partial charge in [-0.1, -0.05) is 0 Å². The van der Waals surface area contributed by atoms with Crippen LogP contribution in [0, 0.1) is 5.82 Å². The summed E-state index contributed by atoms with van der Waals surface area (Å²) in [4.78, 5) is -0.293. The van der Waals surface area contributed by atoms with Crippen LogP contribution in [0.5, 0.6) is 5.75 Å².